The zero-order valence-corrected chi connectivity index (χ0v) is 13.0. The number of benzene rings is 1. The summed E-state index contributed by atoms with van der Waals surface area (Å²) >= 11 is 6.03. The van der Waals surface area contributed by atoms with E-state index >= 15 is 0 Å². The quantitative estimate of drug-likeness (QED) is 0.798. The van der Waals surface area contributed by atoms with Crippen LogP contribution in [-0.2, 0) is 9.53 Å². The molecule has 21 heavy (non-hydrogen) atoms. The molecule has 1 amide bonds. The summed E-state index contributed by atoms with van der Waals surface area (Å²) in [6.07, 6.45) is 0. The Morgan fingerprint density at radius 2 is 1.95 bits per heavy atom. The summed E-state index contributed by atoms with van der Waals surface area (Å²) in [6, 6.07) is 7.47. The SMILES string of the molecule is COCC(=O)N1CCN(CCOc2ccccc2Cl)CC1. The number of carbonyl (C=O) groups excluding carboxylic acids is 1. The fraction of sp³-hybridized carbons (Fsp3) is 0.533. The lowest BCUT2D eigenvalue weighted by atomic mass is 10.3. The molecule has 1 aliphatic rings. The molecule has 0 radical (unpaired) electrons. The Hall–Kier alpha value is -1.30. The molecule has 0 spiro atoms. The van der Waals surface area contributed by atoms with E-state index in [-0.39, 0.29) is 12.5 Å². The van der Waals surface area contributed by atoms with Crippen molar-refractivity contribution in [2.45, 2.75) is 0 Å². The number of amides is 1. The smallest absolute Gasteiger partial charge is 0.248 e. The zero-order chi connectivity index (χ0) is 15.1. The molecule has 116 valence electrons. The number of hydrogen-bond acceptors (Lipinski definition) is 4. The van der Waals surface area contributed by atoms with E-state index in [9.17, 15) is 4.79 Å². The highest BCUT2D eigenvalue weighted by Gasteiger charge is 2.20. The molecule has 0 saturated carbocycles. The van der Waals surface area contributed by atoms with E-state index in [0.29, 0.717) is 17.4 Å². The first kappa shape index (κ1) is 16.1. The van der Waals surface area contributed by atoms with Crippen LogP contribution >= 0.6 is 11.6 Å². The molecule has 5 nitrogen and oxygen atoms in total. The Morgan fingerprint density at radius 3 is 2.62 bits per heavy atom. The Bertz CT molecular complexity index is 462. The van der Waals surface area contributed by atoms with Crippen LogP contribution in [0, 0.1) is 0 Å². The van der Waals surface area contributed by atoms with Crippen molar-refractivity contribution >= 4 is 17.5 Å². The van der Waals surface area contributed by atoms with E-state index in [4.69, 9.17) is 21.1 Å². The summed E-state index contributed by atoms with van der Waals surface area (Å²) in [5, 5.41) is 0.632. The third-order valence-corrected chi connectivity index (χ3v) is 3.81. The largest absolute Gasteiger partial charge is 0.491 e. The summed E-state index contributed by atoms with van der Waals surface area (Å²) in [6.45, 7) is 4.80. The van der Waals surface area contributed by atoms with Crippen molar-refractivity contribution in [1.82, 2.24) is 9.80 Å². The number of hydrogen-bond donors (Lipinski definition) is 0. The first-order valence-electron chi connectivity index (χ1n) is 7.07. The number of piperazine rings is 1. The van der Waals surface area contributed by atoms with Gasteiger partial charge in [0.2, 0.25) is 5.91 Å². The first-order chi connectivity index (χ1) is 10.2. The molecule has 0 N–H and O–H groups in total. The number of ether oxygens (including phenoxy) is 2. The van der Waals surface area contributed by atoms with Crippen LogP contribution in [0.4, 0.5) is 0 Å². The zero-order valence-electron chi connectivity index (χ0n) is 12.3. The van der Waals surface area contributed by atoms with E-state index in [1.165, 1.54) is 0 Å². The minimum absolute atomic E-state index is 0.0597. The summed E-state index contributed by atoms with van der Waals surface area (Å²) in [7, 11) is 1.54. The van der Waals surface area contributed by atoms with Crippen LogP contribution in [0.3, 0.4) is 0 Å². The third kappa shape index (κ3) is 4.88. The number of rotatable bonds is 6. The summed E-state index contributed by atoms with van der Waals surface area (Å²) in [5.74, 6) is 0.776. The van der Waals surface area contributed by atoms with E-state index in [1.54, 1.807) is 7.11 Å². The molecule has 0 unspecified atom stereocenters. The molecule has 1 fully saturated rings. The second kappa shape index (κ2) is 8.22. The van der Waals surface area contributed by atoms with E-state index in [1.807, 2.05) is 29.2 Å². The van der Waals surface area contributed by atoms with Gasteiger partial charge in [-0.3, -0.25) is 9.69 Å². The van der Waals surface area contributed by atoms with E-state index < -0.39 is 0 Å². The van der Waals surface area contributed by atoms with Crippen LogP contribution in [0.5, 0.6) is 5.75 Å². The van der Waals surface area contributed by atoms with Crippen LogP contribution in [-0.4, -0.2) is 68.8 Å². The fourth-order valence-corrected chi connectivity index (χ4v) is 2.47. The monoisotopic (exact) mass is 312 g/mol. The molecule has 6 heteroatoms. The molecule has 0 aromatic heterocycles. The minimum atomic E-state index is 0.0597. The second-order valence-corrected chi connectivity index (χ2v) is 5.34. The summed E-state index contributed by atoms with van der Waals surface area (Å²) in [5.41, 5.74) is 0. The van der Waals surface area contributed by atoms with Gasteiger partial charge in [0.25, 0.3) is 0 Å². The minimum Gasteiger partial charge on any atom is -0.491 e. The van der Waals surface area contributed by atoms with Crippen molar-refractivity contribution in [3.63, 3.8) is 0 Å². The van der Waals surface area contributed by atoms with Crippen molar-refractivity contribution in [3.8, 4) is 5.75 Å². The maximum atomic E-state index is 11.7. The average molecular weight is 313 g/mol. The van der Waals surface area contributed by atoms with Gasteiger partial charge in [-0.15, -0.1) is 0 Å². The van der Waals surface area contributed by atoms with Crippen molar-refractivity contribution in [3.05, 3.63) is 29.3 Å². The molecule has 2 rings (SSSR count). The lowest BCUT2D eigenvalue weighted by Crippen LogP contribution is -2.50. The van der Waals surface area contributed by atoms with Crippen LogP contribution in [0.2, 0.25) is 5.02 Å². The second-order valence-electron chi connectivity index (χ2n) is 4.93. The predicted octanol–water partition coefficient (Wildman–Crippen LogP) is 1.51. The van der Waals surface area contributed by atoms with Gasteiger partial charge in [-0.1, -0.05) is 23.7 Å². The number of carbonyl (C=O) groups is 1. The van der Waals surface area contributed by atoms with E-state index in [2.05, 4.69) is 4.90 Å². The standard InChI is InChI=1S/C15H21ClN2O3/c1-20-12-15(19)18-8-6-17(7-9-18)10-11-21-14-5-3-2-4-13(14)16/h2-5H,6-12H2,1H3. The Kier molecular flexibility index (Phi) is 6.29. The van der Waals surface area contributed by atoms with Gasteiger partial charge in [0, 0.05) is 39.8 Å². The number of halogens is 1. The summed E-state index contributed by atoms with van der Waals surface area (Å²) < 4.78 is 10.5. The average Bonchev–Trinajstić information content (AvgIpc) is 2.50. The Labute approximate surface area is 130 Å². The predicted molar refractivity (Wildman–Crippen MR) is 81.8 cm³/mol. The first-order valence-corrected chi connectivity index (χ1v) is 7.45. The van der Waals surface area contributed by atoms with Gasteiger partial charge in [-0.05, 0) is 12.1 Å². The highest BCUT2D eigenvalue weighted by atomic mass is 35.5. The van der Waals surface area contributed by atoms with Crippen molar-refractivity contribution in [2.75, 3.05) is 53.0 Å². The number of methoxy groups -OCH3 is 1. The highest BCUT2D eigenvalue weighted by Crippen LogP contribution is 2.22. The molecular weight excluding hydrogens is 292 g/mol. The van der Waals surface area contributed by atoms with Gasteiger partial charge in [0.15, 0.2) is 0 Å². The number of para-hydroxylation sites is 1. The van der Waals surface area contributed by atoms with Gasteiger partial charge < -0.3 is 14.4 Å². The molecule has 1 heterocycles. The molecule has 0 aliphatic carbocycles. The van der Waals surface area contributed by atoms with Gasteiger partial charge in [-0.25, -0.2) is 0 Å². The van der Waals surface area contributed by atoms with E-state index in [0.717, 1.165) is 32.7 Å². The van der Waals surface area contributed by atoms with Crippen molar-refractivity contribution in [2.24, 2.45) is 0 Å². The molecule has 1 aromatic rings. The third-order valence-electron chi connectivity index (χ3n) is 3.49. The van der Waals surface area contributed by atoms with Crippen LogP contribution in [0.1, 0.15) is 0 Å². The van der Waals surface area contributed by atoms with Gasteiger partial charge >= 0.3 is 0 Å². The van der Waals surface area contributed by atoms with Crippen molar-refractivity contribution < 1.29 is 14.3 Å². The highest BCUT2D eigenvalue weighted by molar-refractivity contribution is 6.32. The van der Waals surface area contributed by atoms with Gasteiger partial charge in [0.1, 0.15) is 19.0 Å². The molecular formula is C15H21ClN2O3. The van der Waals surface area contributed by atoms with Crippen molar-refractivity contribution in [1.29, 1.82) is 0 Å². The molecule has 1 saturated heterocycles. The number of nitrogens with zero attached hydrogens (tertiary/aromatic N) is 2. The summed E-state index contributed by atoms with van der Waals surface area (Å²) in [4.78, 5) is 15.8. The molecule has 1 aliphatic heterocycles. The van der Waals surface area contributed by atoms with Crippen LogP contribution in [0.25, 0.3) is 0 Å². The van der Waals surface area contributed by atoms with Crippen LogP contribution in [0.15, 0.2) is 24.3 Å². The molecule has 0 bridgehead atoms. The van der Waals surface area contributed by atoms with Gasteiger partial charge in [0.05, 0.1) is 5.02 Å². The maximum Gasteiger partial charge on any atom is 0.248 e. The van der Waals surface area contributed by atoms with Crippen LogP contribution < -0.4 is 4.74 Å². The fourth-order valence-electron chi connectivity index (χ4n) is 2.28. The Balaban J connectivity index is 1.67. The topological polar surface area (TPSA) is 42.0 Å². The maximum absolute atomic E-state index is 11.7. The lowest BCUT2D eigenvalue weighted by Gasteiger charge is -2.34. The lowest BCUT2D eigenvalue weighted by molar-refractivity contribution is -0.136. The van der Waals surface area contributed by atoms with Gasteiger partial charge in [-0.2, -0.15) is 0 Å². The molecule has 1 aromatic carbocycles. The normalized spacial score (nSPS) is 16.0. The molecule has 0 atom stereocenters. The Morgan fingerprint density at radius 1 is 1.24 bits per heavy atom.